The molecule has 2 aromatic rings. The van der Waals surface area contributed by atoms with Crippen molar-refractivity contribution >= 4 is 5.69 Å². The molecule has 106 valence electrons. The number of aryl methyl sites for hydroxylation is 1. The van der Waals surface area contributed by atoms with Gasteiger partial charge in [-0.1, -0.05) is 6.07 Å². The molecule has 1 nitrogen and oxygen atoms in total. The molecular weight excluding hydrogens is 277 g/mol. The Hall–Kier alpha value is -2.11. The van der Waals surface area contributed by atoms with E-state index in [4.69, 9.17) is 5.73 Å². The Balaban J connectivity index is 2.57. The second kappa shape index (κ2) is 4.77. The summed E-state index contributed by atoms with van der Waals surface area (Å²) in [5.74, 6) is -1.60. The number of alkyl halides is 3. The first-order valence-electron chi connectivity index (χ1n) is 5.63. The first kappa shape index (κ1) is 14.3. The van der Waals surface area contributed by atoms with Crippen LogP contribution in [0.1, 0.15) is 11.1 Å². The van der Waals surface area contributed by atoms with E-state index in [1.807, 2.05) is 0 Å². The minimum atomic E-state index is -4.52. The van der Waals surface area contributed by atoms with Gasteiger partial charge in [-0.25, -0.2) is 8.78 Å². The molecule has 0 aromatic heterocycles. The summed E-state index contributed by atoms with van der Waals surface area (Å²) in [5.41, 5.74) is 4.66. The van der Waals surface area contributed by atoms with Crippen molar-refractivity contribution in [3.05, 3.63) is 53.1 Å². The van der Waals surface area contributed by atoms with E-state index in [9.17, 15) is 22.0 Å². The molecule has 0 aliphatic heterocycles. The minimum absolute atomic E-state index is 0.0323. The van der Waals surface area contributed by atoms with Gasteiger partial charge >= 0.3 is 6.18 Å². The number of nitrogen functional groups attached to an aromatic ring is 1. The first-order chi connectivity index (χ1) is 9.20. The van der Waals surface area contributed by atoms with Crippen LogP contribution in [0.15, 0.2) is 30.3 Å². The number of benzene rings is 2. The Morgan fingerprint density at radius 2 is 1.55 bits per heavy atom. The maximum absolute atomic E-state index is 13.7. The van der Waals surface area contributed by atoms with Crippen molar-refractivity contribution in [2.24, 2.45) is 0 Å². The van der Waals surface area contributed by atoms with Gasteiger partial charge in [0.25, 0.3) is 0 Å². The van der Waals surface area contributed by atoms with E-state index >= 15 is 0 Å². The molecule has 0 spiro atoms. The van der Waals surface area contributed by atoms with Gasteiger partial charge in [-0.05, 0) is 30.7 Å². The monoisotopic (exact) mass is 287 g/mol. The molecule has 0 heterocycles. The largest absolute Gasteiger partial charge is 0.416 e. The van der Waals surface area contributed by atoms with Crippen molar-refractivity contribution in [1.29, 1.82) is 0 Å². The van der Waals surface area contributed by atoms with Gasteiger partial charge in [-0.3, -0.25) is 0 Å². The standard InChI is InChI=1S/C14H10F5N/c1-7-4-10(12(16)6-11(7)15)9-3-2-8(5-13(9)20)14(17,18)19/h2-6H,20H2,1H3. The lowest BCUT2D eigenvalue weighted by atomic mass is 9.99. The molecule has 0 aliphatic carbocycles. The summed E-state index contributed by atoms with van der Waals surface area (Å²) in [4.78, 5) is 0. The Labute approximate surface area is 111 Å². The van der Waals surface area contributed by atoms with Gasteiger partial charge in [0.05, 0.1) is 5.56 Å². The highest BCUT2D eigenvalue weighted by Gasteiger charge is 2.31. The highest BCUT2D eigenvalue weighted by molar-refractivity contribution is 5.77. The van der Waals surface area contributed by atoms with Crippen LogP contribution in [0.3, 0.4) is 0 Å². The van der Waals surface area contributed by atoms with Crippen LogP contribution < -0.4 is 5.73 Å². The number of anilines is 1. The average molecular weight is 287 g/mol. The van der Waals surface area contributed by atoms with Gasteiger partial charge in [0.1, 0.15) is 11.6 Å². The zero-order valence-electron chi connectivity index (χ0n) is 10.4. The van der Waals surface area contributed by atoms with Gasteiger partial charge < -0.3 is 5.73 Å². The lowest BCUT2D eigenvalue weighted by molar-refractivity contribution is -0.137. The maximum Gasteiger partial charge on any atom is 0.416 e. The summed E-state index contributed by atoms with van der Waals surface area (Å²) in [6, 6.07) is 4.51. The number of hydrogen-bond donors (Lipinski definition) is 1. The van der Waals surface area contributed by atoms with Crippen LogP contribution >= 0.6 is 0 Å². The van der Waals surface area contributed by atoms with Crippen molar-refractivity contribution in [2.45, 2.75) is 13.1 Å². The highest BCUT2D eigenvalue weighted by Crippen LogP contribution is 2.35. The van der Waals surface area contributed by atoms with Gasteiger partial charge in [-0.2, -0.15) is 13.2 Å². The Bertz CT molecular complexity index is 661. The lowest BCUT2D eigenvalue weighted by Gasteiger charge is -2.12. The van der Waals surface area contributed by atoms with Crippen molar-refractivity contribution < 1.29 is 22.0 Å². The normalized spacial score (nSPS) is 11.7. The zero-order chi connectivity index (χ0) is 15.1. The second-order valence-electron chi connectivity index (χ2n) is 4.38. The third kappa shape index (κ3) is 2.59. The summed E-state index contributed by atoms with van der Waals surface area (Å²) in [7, 11) is 0. The maximum atomic E-state index is 13.7. The van der Waals surface area contributed by atoms with E-state index in [-0.39, 0.29) is 22.4 Å². The number of hydrogen-bond acceptors (Lipinski definition) is 1. The van der Waals surface area contributed by atoms with Crippen LogP contribution in [-0.2, 0) is 6.18 Å². The molecule has 0 radical (unpaired) electrons. The average Bonchev–Trinajstić information content (AvgIpc) is 2.33. The smallest absolute Gasteiger partial charge is 0.398 e. The van der Waals surface area contributed by atoms with Crippen molar-refractivity contribution in [3.8, 4) is 11.1 Å². The minimum Gasteiger partial charge on any atom is -0.398 e. The summed E-state index contributed by atoms with van der Waals surface area (Å²) in [6.07, 6.45) is -4.52. The number of nitrogens with two attached hydrogens (primary N) is 1. The summed E-state index contributed by atoms with van der Waals surface area (Å²) >= 11 is 0. The predicted molar refractivity (Wildman–Crippen MR) is 65.9 cm³/mol. The van der Waals surface area contributed by atoms with E-state index in [0.717, 1.165) is 18.2 Å². The highest BCUT2D eigenvalue weighted by atomic mass is 19.4. The zero-order valence-corrected chi connectivity index (χ0v) is 10.4. The molecule has 2 rings (SSSR count). The number of halogens is 5. The number of rotatable bonds is 1. The fourth-order valence-corrected chi connectivity index (χ4v) is 1.85. The van der Waals surface area contributed by atoms with Crippen molar-refractivity contribution in [1.82, 2.24) is 0 Å². The van der Waals surface area contributed by atoms with Crippen molar-refractivity contribution in [2.75, 3.05) is 5.73 Å². The summed E-state index contributed by atoms with van der Waals surface area (Å²) < 4.78 is 64.4. The molecule has 0 aliphatic rings. The molecule has 0 atom stereocenters. The van der Waals surface area contributed by atoms with Crippen LogP contribution in [-0.4, -0.2) is 0 Å². The molecule has 0 fully saturated rings. The third-order valence-corrected chi connectivity index (χ3v) is 2.92. The molecule has 2 N–H and O–H groups in total. The van der Waals surface area contributed by atoms with Gasteiger partial charge in [0.2, 0.25) is 0 Å². The van der Waals surface area contributed by atoms with Gasteiger partial charge in [0.15, 0.2) is 0 Å². The summed E-state index contributed by atoms with van der Waals surface area (Å²) in [5, 5.41) is 0. The molecular formula is C14H10F5N. The van der Waals surface area contributed by atoms with Gasteiger partial charge in [-0.15, -0.1) is 0 Å². The van der Waals surface area contributed by atoms with E-state index < -0.39 is 23.4 Å². The molecule has 0 amide bonds. The first-order valence-corrected chi connectivity index (χ1v) is 5.63. The lowest BCUT2D eigenvalue weighted by Crippen LogP contribution is -2.06. The molecule has 0 unspecified atom stereocenters. The molecule has 20 heavy (non-hydrogen) atoms. The molecule has 0 saturated heterocycles. The Kier molecular flexibility index (Phi) is 3.41. The van der Waals surface area contributed by atoms with Crippen LogP contribution in [0.5, 0.6) is 0 Å². The van der Waals surface area contributed by atoms with E-state index in [1.165, 1.54) is 13.0 Å². The SMILES string of the molecule is Cc1cc(-c2ccc(C(F)(F)F)cc2N)c(F)cc1F. The Morgan fingerprint density at radius 3 is 2.10 bits per heavy atom. The fourth-order valence-electron chi connectivity index (χ4n) is 1.85. The van der Waals surface area contributed by atoms with E-state index in [2.05, 4.69) is 0 Å². The second-order valence-corrected chi connectivity index (χ2v) is 4.38. The third-order valence-electron chi connectivity index (χ3n) is 2.92. The predicted octanol–water partition coefficient (Wildman–Crippen LogP) is 4.54. The van der Waals surface area contributed by atoms with Crippen LogP contribution in [0.4, 0.5) is 27.6 Å². The van der Waals surface area contributed by atoms with Gasteiger partial charge in [0, 0.05) is 22.9 Å². The van der Waals surface area contributed by atoms with E-state index in [0.29, 0.717) is 6.07 Å². The summed E-state index contributed by atoms with van der Waals surface area (Å²) in [6.45, 7) is 1.43. The molecule has 0 bridgehead atoms. The molecule has 2 aromatic carbocycles. The van der Waals surface area contributed by atoms with Crippen LogP contribution in [0.25, 0.3) is 11.1 Å². The molecule has 0 saturated carbocycles. The van der Waals surface area contributed by atoms with Crippen LogP contribution in [0.2, 0.25) is 0 Å². The molecule has 6 heteroatoms. The van der Waals surface area contributed by atoms with Crippen LogP contribution in [0, 0.1) is 18.6 Å². The van der Waals surface area contributed by atoms with E-state index in [1.54, 1.807) is 0 Å². The van der Waals surface area contributed by atoms with Crippen molar-refractivity contribution in [3.63, 3.8) is 0 Å². The quantitative estimate of drug-likeness (QED) is 0.604. The Morgan fingerprint density at radius 1 is 0.900 bits per heavy atom. The fraction of sp³-hybridized carbons (Fsp3) is 0.143. The topological polar surface area (TPSA) is 26.0 Å².